The minimum atomic E-state index is -1.12. The van der Waals surface area contributed by atoms with Crippen LogP contribution in [-0.4, -0.2) is 49.0 Å². The number of urea groups is 1. The van der Waals surface area contributed by atoms with Gasteiger partial charge in [0.05, 0.1) is 11.4 Å². The van der Waals surface area contributed by atoms with Gasteiger partial charge in [-0.1, -0.05) is 6.07 Å². The van der Waals surface area contributed by atoms with Gasteiger partial charge < -0.3 is 31.7 Å². The van der Waals surface area contributed by atoms with Crippen molar-refractivity contribution in [1.29, 1.82) is 0 Å². The zero-order valence-electron chi connectivity index (χ0n) is 13.9. The standard InChI is InChI=1S/C16H13N5O4.2H2O/c22-12(23)7-18-16(25)19-9-1-2-10-8(5-9)6-11-13(10)20-15(24)14-17-3-4-21(11)14;;/h1-5H,6-7H2,(H,20,24)(H,22,23)(H2,18,19,25);2*1H2. The van der Waals surface area contributed by atoms with Crippen LogP contribution in [0.4, 0.5) is 10.5 Å². The number of carbonyl (C=O) groups is 2. The number of amides is 2. The summed E-state index contributed by atoms with van der Waals surface area (Å²) in [5.74, 6) is -1.12. The molecule has 0 unspecified atom stereocenters. The molecule has 11 heteroatoms. The highest BCUT2D eigenvalue weighted by molar-refractivity contribution is 5.92. The minimum Gasteiger partial charge on any atom is -0.480 e. The van der Waals surface area contributed by atoms with Crippen LogP contribution in [0.25, 0.3) is 16.9 Å². The molecule has 2 amide bonds. The Hall–Kier alpha value is -3.70. The number of hydrogen-bond donors (Lipinski definition) is 4. The molecule has 0 spiro atoms. The van der Waals surface area contributed by atoms with E-state index in [1.165, 1.54) is 0 Å². The fraction of sp³-hybridized carbons (Fsp3) is 0.125. The lowest BCUT2D eigenvalue weighted by Gasteiger charge is -2.08. The molecule has 8 N–H and O–H groups in total. The quantitative estimate of drug-likeness (QED) is 0.362. The third-order valence-electron chi connectivity index (χ3n) is 4.05. The van der Waals surface area contributed by atoms with E-state index < -0.39 is 18.5 Å². The zero-order chi connectivity index (χ0) is 17.6. The lowest BCUT2D eigenvalue weighted by Crippen LogP contribution is -2.33. The molecule has 0 fully saturated rings. The molecule has 0 radical (unpaired) electrons. The van der Waals surface area contributed by atoms with Crippen molar-refractivity contribution in [2.75, 3.05) is 11.9 Å². The highest BCUT2D eigenvalue weighted by Crippen LogP contribution is 2.35. The SMILES string of the molecule is O.O.O=C(O)CNC(=O)Nc1ccc2c(c1)Cc1c-2[nH]c(=O)c2nccn12. The molecule has 0 bridgehead atoms. The van der Waals surface area contributed by atoms with Crippen molar-refractivity contribution in [1.82, 2.24) is 19.7 Å². The van der Waals surface area contributed by atoms with E-state index in [9.17, 15) is 14.4 Å². The maximum atomic E-state index is 12.1. The number of aliphatic carboxylic acids is 1. The van der Waals surface area contributed by atoms with E-state index in [1.807, 2.05) is 6.07 Å². The second kappa shape index (κ2) is 7.27. The van der Waals surface area contributed by atoms with Crippen LogP contribution in [0.3, 0.4) is 0 Å². The summed E-state index contributed by atoms with van der Waals surface area (Å²) in [6.07, 6.45) is 3.90. The van der Waals surface area contributed by atoms with Crippen molar-refractivity contribution in [3.63, 3.8) is 0 Å². The van der Waals surface area contributed by atoms with E-state index in [4.69, 9.17) is 5.11 Å². The molecule has 1 aliphatic rings. The maximum Gasteiger partial charge on any atom is 0.323 e. The Morgan fingerprint density at radius 2 is 2.07 bits per heavy atom. The van der Waals surface area contributed by atoms with Gasteiger partial charge in [-0.2, -0.15) is 0 Å². The van der Waals surface area contributed by atoms with Crippen molar-refractivity contribution >= 4 is 23.3 Å². The molecule has 27 heavy (non-hydrogen) atoms. The van der Waals surface area contributed by atoms with Gasteiger partial charge >= 0.3 is 12.0 Å². The normalized spacial score (nSPS) is 11.0. The number of anilines is 1. The number of carboxylic acids is 1. The first-order valence-corrected chi connectivity index (χ1v) is 7.51. The van der Waals surface area contributed by atoms with Crippen molar-refractivity contribution in [3.05, 3.63) is 52.2 Å². The fourth-order valence-corrected chi connectivity index (χ4v) is 3.02. The molecule has 0 atom stereocenters. The number of aromatic nitrogens is 3. The van der Waals surface area contributed by atoms with Gasteiger partial charge in [0.1, 0.15) is 6.54 Å². The lowest BCUT2D eigenvalue weighted by atomic mass is 10.1. The Labute approximate surface area is 151 Å². The summed E-state index contributed by atoms with van der Waals surface area (Å²) in [4.78, 5) is 41.2. The summed E-state index contributed by atoms with van der Waals surface area (Å²) in [7, 11) is 0. The summed E-state index contributed by atoms with van der Waals surface area (Å²) in [5, 5.41) is 13.4. The van der Waals surface area contributed by atoms with Crippen molar-refractivity contribution in [2.24, 2.45) is 0 Å². The first-order valence-electron chi connectivity index (χ1n) is 7.51. The van der Waals surface area contributed by atoms with Crippen LogP contribution < -0.4 is 16.2 Å². The van der Waals surface area contributed by atoms with Crippen LogP contribution >= 0.6 is 0 Å². The summed E-state index contributed by atoms with van der Waals surface area (Å²) in [6, 6.07) is 4.72. The van der Waals surface area contributed by atoms with Crippen molar-refractivity contribution < 1.29 is 25.6 Å². The number of rotatable bonds is 3. The fourth-order valence-electron chi connectivity index (χ4n) is 3.02. The number of benzene rings is 1. The topological polar surface area (TPSA) is 192 Å². The zero-order valence-corrected chi connectivity index (χ0v) is 13.9. The Morgan fingerprint density at radius 3 is 2.81 bits per heavy atom. The van der Waals surface area contributed by atoms with Crippen molar-refractivity contribution in [3.8, 4) is 11.3 Å². The second-order valence-electron chi connectivity index (χ2n) is 5.65. The van der Waals surface area contributed by atoms with Gasteiger partial charge in [-0.15, -0.1) is 0 Å². The first kappa shape index (κ1) is 19.6. The molecular formula is C16H17N5O6. The number of imidazole rings is 1. The Bertz CT molecular complexity index is 1090. The average Bonchev–Trinajstić information content (AvgIpc) is 3.18. The molecule has 11 nitrogen and oxygen atoms in total. The van der Waals surface area contributed by atoms with Gasteiger partial charge in [-0.05, 0) is 17.7 Å². The van der Waals surface area contributed by atoms with Gasteiger partial charge in [0.25, 0.3) is 5.56 Å². The van der Waals surface area contributed by atoms with Crippen LogP contribution in [0.5, 0.6) is 0 Å². The number of carboxylic acid groups (broad SMARTS) is 1. The van der Waals surface area contributed by atoms with Gasteiger partial charge in [-0.25, -0.2) is 9.78 Å². The van der Waals surface area contributed by atoms with E-state index in [0.717, 1.165) is 22.5 Å². The molecular weight excluding hydrogens is 358 g/mol. The predicted molar refractivity (Wildman–Crippen MR) is 95.9 cm³/mol. The maximum absolute atomic E-state index is 12.1. The summed E-state index contributed by atoms with van der Waals surface area (Å²) in [5.41, 5.74) is 4.13. The summed E-state index contributed by atoms with van der Waals surface area (Å²) < 4.78 is 1.76. The summed E-state index contributed by atoms with van der Waals surface area (Å²) in [6.45, 7) is -0.456. The van der Waals surface area contributed by atoms with E-state index in [1.54, 1.807) is 28.9 Å². The molecule has 142 valence electrons. The van der Waals surface area contributed by atoms with Crippen LogP contribution in [-0.2, 0) is 11.2 Å². The Kier molecular flexibility index (Phi) is 5.28. The smallest absolute Gasteiger partial charge is 0.323 e. The number of H-pyrrole nitrogens is 1. The molecule has 0 saturated carbocycles. The van der Waals surface area contributed by atoms with E-state index in [2.05, 4.69) is 20.6 Å². The molecule has 0 aliphatic heterocycles. The van der Waals surface area contributed by atoms with Crippen molar-refractivity contribution in [2.45, 2.75) is 6.42 Å². The van der Waals surface area contributed by atoms with E-state index in [-0.39, 0.29) is 16.5 Å². The number of nitrogens with zero attached hydrogens (tertiary/aromatic N) is 2. The molecule has 2 aromatic heterocycles. The van der Waals surface area contributed by atoms with Gasteiger partial charge in [0.15, 0.2) is 0 Å². The summed E-state index contributed by atoms with van der Waals surface area (Å²) >= 11 is 0. The predicted octanol–water partition coefficient (Wildman–Crippen LogP) is -0.850. The number of fused-ring (bicyclic) bond motifs is 5. The van der Waals surface area contributed by atoms with E-state index >= 15 is 0 Å². The third kappa shape index (κ3) is 3.36. The first-order chi connectivity index (χ1) is 12.0. The van der Waals surface area contributed by atoms with Crippen LogP contribution in [0.2, 0.25) is 0 Å². The van der Waals surface area contributed by atoms with Gasteiger partial charge in [0, 0.05) is 30.1 Å². The average molecular weight is 375 g/mol. The Morgan fingerprint density at radius 1 is 1.30 bits per heavy atom. The highest BCUT2D eigenvalue weighted by atomic mass is 16.4. The monoisotopic (exact) mass is 375 g/mol. The molecule has 2 heterocycles. The van der Waals surface area contributed by atoms with Crippen LogP contribution in [0.1, 0.15) is 11.3 Å². The molecule has 3 aromatic rings. The lowest BCUT2D eigenvalue weighted by molar-refractivity contribution is -0.135. The van der Waals surface area contributed by atoms with Gasteiger partial charge in [-0.3, -0.25) is 14.0 Å². The number of aromatic amines is 1. The number of hydrogen-bond acceptors (Lipinski definition) is 4. The second-order valence-corrected chi connectivity index (χ2v) is 5.65. The largest absolute Gasteiger partial charge is 0.480 e. The third-order valence-corrected chi connectivity index (χ3v) is 4.05. The number of carbonyl (C=O) groups excluding carboxylic acids is 1. The molecule has 1 aliphatic carbocycles. The van der Waals surface area contributed by atoms with Crippen LogP contribution in [0.15, 0.2) is 35.4 Å². The number of nitrogens with one attached hydrogen (secondary N) is 3. The Balaban J connectivity index is 0.00000131. The van der Waals surface area contributed by atoms with Crippen LogP contribution in [0, 0.1) is 0 Å². The van der Waals surface area contributed by atoms with Gasteiger partial charge in [0.2, 0.25) is 5.65 Å². The molecule has 4 rings (SSSR count). The van der Waals surface area contributed by atoms with E-state index in [0.29, 0.717) is 17.8 Å². The minimum absolute atomic E-state index is 0. The highest BCUT2D eigenvalue weighted by Gasteiger charge is 2.23. The molecule has 0 saturated heterocycles. The molecule has 1 aromatic carbocycles.